The monoisotopic (exact) mass is 388 g/mol. The first-order chi connectivity index (χ1) is 8.60. The summed E-state index contributed by atoms with van der Waals surface area (Å²) < 4.78 is 7.81. The van der Waals surface area contributed by atoms with Gasteiger partial charge in [0.05, 0.1) is 10.4 Å². The molecular formula is C14H11Br2ClO. The van der Waals surface area contributed by atoms with Gasteiger partial charge in [0.2, 0.25) is 0 Å². The van der Waals surface area contributed by atoms with Gasteiger partial charge >= 0.3 is 0 Å². The minimum Gasteiger partial charge on any atom is -0.456 e. The van der Waals surface area contributed by atoms with Crippen LogP contribution in [-0.2, 0) is 5.88 Å². The highest BCUT2D eigenvalue weighted by molar-refractivity contribution is 9.10. The van der Waals surface area contributed by atoms with E-state index in [4.69, 9.17) is 16.3 Å². The summed E-state index contributed by atoms with van der Waals surface area (Å²) in [6, 6.07) is 11.8. The Bertz CT molecular complexity index is 570. The lowest BCUT2D eigenvalue weighted by Gasteiger charge is -2.12. The summed E-state index contributed by atoms with van der Waals surface area (Å²) in [7, 11) is 0. The predicted molar refractivity (Wildman–Crippen MR) is 82.7 cm³/mol. The summed E-state index contributed by atoms with van der Waals surface area (Å²) in [6.07, 6.45) is 0. The number of ether oxygens (including phenoxy) is 1. The molecule has 0 aromatic heterocycles. The van der Waals surface area contributed by atoms with Crippen molar-refractivity contribution in [1.82, 2.24) is 0 Å². The Labute approximate surface area is 128 Å². The molecule has 0 fully saturated rings. The van der Waals surface area contributed by atoms with Crippen LogP contribution in [0.5, 0.6) is 11.5 Å². The van der Waals surface area contributed by atoms with Crippen molar-refractivity contribution in [2.45, 2.75) is 12.8 Å². The molecule has 0 aliphatic carbocycles. The summed E-state index contributed by atoms with van der Waals surface area (Å²) >= 11 is 12.8. The van der Waals surface area contributed by atoms with E-state index in [1.807, 2.05) is 43.3 Å². The first-order valence-corrected chi connectivity index (χ1v) is 7.50. The molecule has 0 bridgehead atoms. The van der Waals surface area contributed by atoms with E-state index < -0.39 is 0 Å². The van der Waals surface area contributed by atoms with Crippen LogP contribution in [0.15, 0.2) is 45.3 Å². The zero-order valence-corrected chi connectivity index (χ0v) is 13.6. The number of alkyl halides is 1. The van der Waals surface area contributed by atoms with Crippen LogP contribution >= 0.6 is 43.5 Å². The van der Waals surface area contributed by atoms with Crippen molar-refractivity contribution in [3.05, 3.63) is 56.5 Å². The van der Waals surface area contributed by atoms with Gasteiger partial charge in [0, 0.05) is 10.0 Å². The molecular weight excluding hydrogens is 379 g/mol. The van der Waals surface area contributed by atoms with Crippen molar-refractivity contribution in [2.75, 3.05) is 0 Å². The lowest BCUT2D eigenvalue weighted by Crippen LogP contribution is -1.91. The highest BCUT2D eigenvalue weighted by Gasteiger charge is 2.08. The number of halogens is 3. The van der Waals surface area contributed by atoms with E-state index in [9.17, 15) is 0 Å². The third-order valence-corrected chi connectivity index (χ3v) is 3.88. The van der Waals surface area contributed by atoms with Crippen LogP contribution in [0.4, 0.5) is 0 Å². The van der Waals surface area contributed by atoms with Crippen molar-refractivity contribution >= 4 is 43.5 Å². The zero-order valence-electron chi connectivity index (χ0n) is 9.71. The minimum absolute atomic E-state index is 0.423. The molecule has 2 aromatic rings. The first kappa shape index (κ1) is 13.9. The van der Waals surface area contributed by atoms with Gasteiger partial charge in [-0.3, -0.25) is 0 Å². The molecule has 1 nitrogen and oxygen atoms in total. The zero-order chi connectivity index (χ0) is 13.1. The van der Waals surface area contributed by atoms with E-state index >= 15 is 0 Å². The smallest absolute Gasteiger partial charge is 0.141 e. The van der Waals surface area contributed by atoms with Gasteiger partial charge < -0.3 is 4.74 Å². The average molecular weight is 391 g/mol. The van der Waals surface area contributed by atoms with Crippen molar-refractivity contribution < 1.29 is 4.74 Å². The van der Waals surface area contributed by atoms with Crippen LogP contribution in [0, 0.1) is 6.92 Å². The number of aryl methyl sites for hydroxylation is 1. The Kier molecular flexibility index (Phi) is 4.71. The van der Waals surface area contributed by atoms with Gasteiger partial charge in [0.25, 0.3) is 0 Å². The van der Waals surface area contributed by atoms with Crippen LogP contribution in [0.1, 0.15) is 11.1 Å². The van der Waals surface area contributed by atoms with E-state index in [-0.39, 0.29) is 0 Å². The largest absolute Gasteiger partial charge is 0.456 e. The molecule has 0 amide bonds. The summed E-state index contributed by atoms with van der Waals surface area (Å²) in [5, 5.41) is 0. The molecule has 0 radical (unpaired) electrons. The third-order valence-electron chi connectivity index (χ3n) is 2.48. The van der Waals surface area contributed by atoms with Gasteiger partial charge in [-0.2, -0.15) is 0 Å². The Morgan fingerprint density at radius 1 is 1.06 bits per heavy atom. The Hall–Kier alpha value is -0.510. The fourth-order valence-electron chi connectivity index (χ4n) is 1.54. The van der Waals surface area contributed by atoms with Gasteiger partial charge in [-0.15, -0.1) is 11.6 Å². The van der Waals surface area contributed by atoms with Crippen molar-refractivity contribution in [3.63, 3.8) is 0 Å². The van der Waals surface area contributed by atoms with Gasteiger partial charge in [-0.1, -0.05) is 28.1 Å². The maximum atomic E-state index is 5.91. The first-order valence-electron chi connectivity index (χ1n) is 5.38. The second-order valence-electron chi connectivity index (χ2n) is 3.92. The molecule has 2 aromatic carbocycles. The third kappa shape index (κ3) is 3.28. The summed E-state index contributed by atoms with van der Waals surface area (Å²) in [5.41, 5.74) is 2.15. The van der Waals surface area contributed by atoms with Crippen molar-refractivity contribution in [3.8, 4) is 11.5 Å². The summed E-state index contributed by atoms with van der Waals surface area (Å²) in [6.45, 7) is 2.04. The molecule has 0 N–H and O–H groups in total. The van der Waals surface area contributed by atoms with Crippen molar-refractivity contribution in [1.29, 1.82) is 0 Å². The molecule has 4 heteroatoms. The highest BCUT2D eigenvalue weighted by atomic mass is 79.9. The van der Waals surface area contributed by atoms with E-state index in [0.29, 0.717) is 5.88 Å². The molecule has 0 saturated carbocycles. The normalized spacial score (nSPS) is 10.4. The highest BCUT2D eigenvalue weighted by Crippen LogP contribution is 2.34. The van der Waals surface area contributed by atoms with E-state index in [0.717, 1.165) is 26.0 Å². The maximum Gasteiger partial charge on any atom is 0.141 e. The van der Waals surface area contributed by atoms with Crippen LogP contribution in [0.25, 0.3) is 0 Å². The average Bonchev–Trinajstić information content (AvgIpc) is 2.33. The molecule has 0 atom stereocenters. The standard InChI is InChI=1S/C14H11Br2ClO/c1-9-2-5-13(12(16)6-9)18-14-7-11(15)4-3-10(14)8-17/h2-7H,8H2,1H3. The molecule has 0 unspecified atom stereocenters. The Balaban J connectivity index is 2.36. The van der Waals surface area contributed by atoms with Crippen molar-refractivity contribution in [2.24, 2.45) is 0 Å². The maximum absolute atomic E-state index is 5.91. The number of hydrogen-bond acceptors (Lipinski definition) is 1. The van der Waals surface area contributed by atoms with Gasteiger partial charge in [-0.25, -0.2) is 0 Å². The van der Waals surface area contributed by atoms with E-state index in [1.54, 1.807) is 0 Å². The fourth-order valence-corrected chi connectivity index (χ4v) is 2.68. The van der Waals surface area contributed by atoms with Crippen LogP contribution < -0.4 is 4.74 Å². The lowest BCUT2D eigenvalue weighted by molar-refractivity contribution is 0.475. The SMILES string of the molecule is Cc1ccc(Oc2cc(Br)ccc2CCl)c(Br)c1. The molecule has 0 aliphatic heterocycles. The van der Waals surface area contributed by atoms with Gasteiger partial charge in [0.15, 0.2) is 0 Å². The molecule has 94 valence electrons. The summed E-state index contributed by atoms with van der Waals surface area (Å²) in [4.78, 5) is 0. The second kappa shape index (κ2) is 6.09. The number of hydrogen-bond donors (Lipinski definition) is 0. The molecule has 18 heavy (non-hydrogen) atoms. The Morgan fingerprint density at radius 3 is 2.50 bits per heavy atom. The lowest BCUT2D eigenvalue weighted by atomic mass is 10.2. The predicted octanol–water partition coefficient (Wildman–Crippen LogP) is 6.05. The molecule has 0 spiro atoms. The van der Waals surface area contributed by atoms with E-state index in [1.165, 1.54) is 5.56 Å². The molecule has 0 heterocycles. The molecule has 2 rings (SSSR count). The quantitative estimate of drug-likeness (QED) is 0.580. The van der Waals surface area contributed by atoms with Gasteiger partial charge in [-0.05, 0) is 52.7 Å². The number of benzene rings is 2. The van der Waals surface area contributed by atoms with Crippen LogP contribution in [0.2, 0.25) is 0 Å². The molecule has 0 aliphatic rings. The Morgan fingerprint density at radius 2 is 1.83 bits per heavy atom. The fraction of sp³-hybridized carbons (Fsp3) is 0.143. The number of rotatable bonds is 3. The topological polar surface area (TPSA) is 9.23 Å². The minimum atomic E-state index is 0.423. The van der Waals surface area contributed by atoms with Crippen LogP contribution in [-0.4, -0.2) is 0 Å². The van der Waals surface area contributed by atoms with Crippen LogP contribution in [0.3, 0.4) is 0 Å². The second-order valence-corrected chi connectivity index (χ2v) is 5.96. The van der Waals surface area contributed by atoms with Gasteiger partial charge in [0.1, 0.15) is 11.5 Å². The summed E-state index contributed by atoms with van der Waals surface area (Å²) in [5.74, 6) is 1.97. The van der Waals surface area contributed by atoms with E-state index in [2.05, 4.69) is 31.9 Å². The molecule has 0 saturated heterocycles.